The molecule has 0 aromatic carbocycles. The maximum Gasteiger partial charge on any atom is 0.412 e. The maximum absolute atomic E-state index is 12.5. The molecule has 5 nitrogen and oxygen atoms in total. The lowest BCUT2D eigenvalue weighted by atomic mass is 10.1. The van der Waals surface area contributed by atoms with Crippen LogP contribution < -0.4 is 0 Å². The molecule has 1 N–H and O–H groups in total. The molecule has 0 radical (unpaired) electrons. The van der Waals surface area contributed by atoms with Crippen molar-refractivity contribution in [1.29, 1.82) is 0 Å². The third-order valence-electron chi connectivity index (χ3n) is 3.53. The fourth-order valence-corrected chi connectivity index (χ4v) is 3.32. The van der Waals surface area contributed by atoms with Crippen LogP contribution in [0.1, 0.15) is 52.0 Å². The molecule has 6 heteroatoms. The summed E-state index contributed by atoms with van der Waals surface area (Å²) >= 11 is 1.51. The van der Waals surface area contributed by atoms with Gasteiger partial charge in [0.1, 0.15) is 11.3 Å². The second-order valence-electron chi connectivity index (χ2n) is 7.03. The second-order valence-corrected chi connectivity index (χ2v) is 8.01. The minimum atomic E-state index is -0.734. The van der Waals surface area contributed by atoms with Gasteiger partial charge in [0.25, 0.3) is 0 Å². The number of hydrogen-bond acceptors (Lipinski definition) is 5. The molecule has 1 aliphatic heterocycles. The number of thiophene rings is 1. The van der Waals surface area contributed by atoms with Gasteiger partial charge in [0, 0.05) is 11.3 Å². The van der Waals surface area contributed by atoms with Gasteiger partial charge in [-0.25, -0.2) is 4.79 Å². The number of carbonyl (C=O) groups excluding carboxylic acids is 1. The van der Waals surface area contributed by atoms with Crippen molar-refractivity contribution >= 4 is 17.4 Å². The largest absolute Gasteiger partial charge is 0.444 e. The van der Waals surface area contributed by atoms with Crippen LogP contribution in [0.15, 0.2) is 17.5 Å². The topological polar surface area (TPSA) is 59.0 Å². The Hall–Kier alpha value is -1.11. The fourth-order valence-electron chi connectivity index (χ4n) is 2.59. The summed E-state index contributed by atoms with van der Waals surface area (Å²) < 4.78 is 11.2. The number of aliphatic hydroxyl groups excluding tert-OH is 1. The fraction of sp³-hybridized carbons (Fsp3) is 0.688. The van der Waals surface area contributed by atoms with Crippen molar-refractivity contribution in [1.82, 2.24) is 4.90 Å². The van der Waals surface area contributed by atoms with Gasteiger partial charge < -0.3 is 14.6 Å². The molecule has 1 amide bonds. The van der Waals surface area contributed by atoms with E-state index in [0.29, 0.717) is 13.0 Å². The average Bonchev–Trinajstić information content (AvgIpc) is 2.94. The summed E-state index contributed by atoms with van der Waals surface area (Å²) in [6.07, 6.45) is -0.575. The van der Waals surface area contributed by atoms with Gasteiger partial charge in [-0.05, 0) is 46.1 Å². The van der Waals surface area contributed by atoms with Crippen molar-refractivity contribution < 1.29 is 19.4 Å². The van der Waals surface area contributed by atoms with E-state index < -0.39 is 23.5 Å². The van der Waals surface area contributed by atoms with Crippen molar-refractivity contribution in [2.75, 3.05) is 6.61 Å². The first-order valence-corrected chi connectivity index (χ1v) is 8.36. The normalized spacial score (nSPS) is 22.6. The summed E-state index contributed by atoms with van der Waals surface area (Å²) in [5.74, 6) is 0. The highest BCUT2D eigenvalue weighted by Gasteiger charge is 2.46. The summed E-state index contributed by atoms with van der Waals surface area (Å²) in [7, 11) is 0. The lowest BCUT2D eigenvalue weighted by molar-refractivity contribution is -0.0637. The SMILES string of the molecule is CC(C)(C)OC(=O)N1[C@@H](C[C@@H](O)c2cccs2)COC1(C)C. The van der Waals surface area contributed by atoms with Crippen molar-refractivity contribution in [3.8, 4) is 0 Å². The molecule has 1 fully saturated rings. The molecule has 2 rings (SSSR count). The van der Waals surface area contributed by atoms with E-state index in [2.05, 4.69) is 0 Å². The van der Waals surface area contributed by atoms with Crippen molar-refractivity contribution in [2.24, 2.45) is 0 Å². The molecule has 0 aliphatic carbocycles. The van der Waals surface area contributed by atoms with Gasteiger partial charge in [0.05, 0.1) is 18.8 Å². The number of rotatable bonds is 3. The smallest absolute Gasteiger partial charge is 0.412 e. The number of aliphatic hydroxyl groups is 1. The highest BCUT2D eigenvalue weighted by Crippen LogP contribution is 2.34. The summed E-state index contributed by atoms with van der Waals surface area (Å²) in [4.78, 5) is 15.0. The molecule has 1 aromatic heterocycles. The van der Waals surface area contributed by atoms with Crippen LogP contribution in [0.25, 0.3) is 0 Å². The number of carbonyl (C=O) groups is 1. The zero-order chi connectivity index (χ0) is 16.5. The number of hydrogen-bond donors (Lipinski definition) is 1. The minimum absolute atomic E-state index is 0.207. The Labute approximate surface area is 135 Å². The second kappa shape index (κ2) is 6.18. The molecule has 0 unspecified atom stereocenters. The van der Waals surface area contributed by atoms with E-state index >= 15 is 0 Å². The lowest BCUT2D eigenvalue weighted by Crippen LogP contribution is -2.50. The highest BCUT2D eigenvalue weighted by molar-refractivity contribution is 7.10. The first kappa shape index (κ1) is 17.2. The highest BCUT2D eigenvalue weighted by atomic mass is 32.1. The summed E-state index contributed by atoms with van der Waals surface area (Å²) in [6, 6.07) is 3.60. The van der Waals surface area contributed by atoms with E-state index in [0.717, 1.165) is 4.88 Å². The van der Waals surface area contributed by atoms with E-state index in [9.17, 15) is 9.90 Å². The summed E-state index contributed by atoms with van der Waals surface area (Å²) in [6.45, 7) is 9.59. The Bertz CT molecular complexity index is 507. The molecular weight excluding hydrogens is 302 g/mol. The van der Waals surface area contributed by atoms with Gasteiger partial charge >= 0.3 is 6.09 Å². The van der Waals surface area contributed by atoms with E-state index in [1.165, 1.54) is 11.3 Å². The van der Waals surface area contributed by atoms with E-state index in [4.69, 9.17) is 9.47 Å². The predicted molar refractivity (Wildman–Crippen MR) is 85.8 cm³/mol. The van der Waals surface area contributed by atoms with E-state index in [1.807, 2.05) is 52.1 Å². The van der Waals surface area contributed by atoms with Crippen LogP contribution in [0.4, 0.5) is 4.79 Å². The Morgan fingerprint density at radius 1 is 1.59 bits per heavy atom. The standard InChI is InChI=1S/C16H25NO4S/c1-15(2,3)21-14(19)17-11(10-20-16(17,4)5)9-12(18)13-7-6-8-22-13/h6-8,11-12,18H,9-10H2,1-5H3/t11-,12+/m0/s1. The van der Waals surface area contributed by atoms with Crippen molar-refractivity contribution in [3.63, 3.8) is 0 Å². The van der Waals surface area contributed by atoms with Crippen molar-refractivity contribution in [2.45, 2.75) is 64.5 Å². The molecule has 1 aromatic rings. The maximum atomic E-state index is 12.5. The monoisotopic (exact) mass is 327 g/mol. The van der Waals surface area contributed by atoms with Gasteiger partial charge in [-0.1, -0.05) is 6.07 Å². The Kier molecular flexibility index (Phi) is 4.84. The van der Waals surface area contributed by atoms with Gasteiger partial charge in [-0.3, -0.25) is 4.90 Å². The first-order chi connectivity index (χ1) is 10.1. The average molecular weight is 327 g/mol. The van der Waals surface area contributed by atoms with E-state index in [1.54, 1.807) is 4.90 Å². The predicted octanol–water partition coefficient (Wildman–Crippen LogP) is 3.54. The van der Waals surface area contributed by atoms with Gasteiger partial charge in [0.2, 0.25) is 0 Å². The minimum Gasteiger partial charge on any atom is -0.444 e. The van der Waals surface area contributed by atoms with Gasteiger partial charge in [-0.15, -0.1) is 11.3 Å². The van der Waals surface area contributed by atoms with E-state index in [-0.39, 0.29) is 6.04 Å². The molecule has 22 heavy (non-hydrogen) atoms. The quantitative estimate of drug-likeness (QED) is 0.922. The van der Waals surface area contributed by atoms with Gasteiger partial charge in [0.15, 0.2) is 0 Å². The zero-order valence-corrected chi connectivity index (χ0v) is 14.6. The molecule has 124 valence electrons. The lowest BCUT2D eigenvalue weighted by Gasteiger charge is -2.35. The van der Waals surface area contributed by atoms with Crippen LogP contribution in [0.2, 0.25) is 0 Å². The van der Waals surface area contributed by atoms with Crippen LogP contribution in [0.3, 0.4) is 0 Å². The van der Waals surface area contributed by atoms with Crippen molar-refractivity contribution in [3.05, 3.63) is 22.4 Å². The molecule has 1 saturated heterocycles. The molecular formula is C16H25NO4S. The molecule has 1 aliphatic rings. The van der Waals surface area contributed by atoms with Gasteiger partial charge in [-0.2, -0.15) is 0 Å². The number of nitrogens with zero attached hydrogens (tertiary/aromatic N) is 1. The summed E-state index contributed by atoms with van der Waals surface area (Å²) in [5.41, 5.74) is -1.30. The van der Waals surface area contributed by atoms with Crippen LogP contribution in [-0.4, -0.2) is 40.1 Å². The third-order valence-corrected chi connectivity index (χ3v) is 4.50. The third kappa shape index (κ3) is 4.00. The number of ether oxygens (including phenoxy) is 2. The summed E-state index contributed by atoms with van der Waals surface area (Å²) in [5, 5.41) is 12.3. The molecule has 2 atom stereocenters. The van der Waals surface area contributed by atoms with Crippen LogP contribution in [0.5, 0.6) is 0 Å². The number of amides is 1. The van der Waals surface area contributed by atoms with Crippen LogP contribution in [-0.2, 0) is 9.47 Å². The molecule has 0 saturated carbocycles. The van der Waals surface area contributed by atoms with Crippen LogP contribution in [0, 0.1) is 0 Å². The Morgan fingerprint density at radius 3 is 2.82 bits per heavy atom. The molecule has 0 spiro atoms. The first-order valence-electron chi connectivity index (χ1n) is 7.48. The Balaban J connectivity index is 2.11. The molecule has 2 heterocycles. The van der Waals surface area contributed by atoms with Crippen LogP contribution >= 0.6 is 11.3 Å². The Morgan fingerprint density at radius 2 is 2.27 bits per heavy atom. The molecule has 0 bridgehead atoms. The zero-order valence-electron chi connectivity index (χ0n) is 13.8.